The summed E-state index contributed by atoms with van der Waals surface area (Å²) in [7, 11) is 0. The van der Waals surface area contributed by atoms with Gasteiger partial charge in [0.2, 0.25) is 0 Å². The van der Waals surface area contributed by atoms with E-state index in [1.807, 2.05) is 30.3 Å². The highest BCUT2D eigenvalue weighted by atomic mass is 35.5. The minimum absolute atomic E-state index is 0.0379. The van der Waals surface area contributed by atoms with Crippen LogP contribution in [0, 0.1) is 0 Å². The Morgan fingerprint density at radius 2 is 1.95 bits per heavy atom. The van der Waals surface area contributed by atoms with Crippen LogP contribution in [0.5, 0.6) is 0 Å². The summed E-state index contributed by atoms with van der Waals surface area (Å²) in [4.78, 5) is 43.0. The van der Waals surface area contributed by atoms with Crippen LogP contribution in [0.3, 0.4) is 0 Å². The van der Waals surface area contributed by atoms with E-state index >= 15 is 0 Å². The third-order valence-corrected chi connectivity index (χ3v) is 7.33. The molecule has 10 heteroatoms. The topological polar surface area (TPSA) is 111 Å². The number of fused-ring (bicyclic) bond motifs is 1. The molecule has 1 aliphatic heterocycles. The molecule has 8 nitrogen and oxygen atoms in total. The smallest absolute Gasteiger partial charge is 0.338 e. The van der Waals surface area contributed by atoms with Gasteiger partial charge in [0.15, 0.2) is 4.80 Å². The summed E-state index contributed by atoms with van der Waals surface area (Å²) in [5, 5.41) is 9.48. The zero-order chi connectivity index (χ0) is 27.0. The van der Waals surface area contributed by atoms with Gasteiger partial charge in [0.25, 0.3) is 5.56 Å². The first-order chi connectivity index (χ1) is 18.3. The second-order valence-electron chi connectivity index (χ2n) is 8.41. The number of allylic oxidation sites excluding steroid dienone is 1. The highest BCUT2D eigenvalue weighted by molar-refractivity contribution is 7.07. The minimum atomic E-state index is -1.14. The van der Waals surface area contributed by atoms with Crippen molar-refractivity contribution in [2.45, 2.75) is 19.9 Å². The molecule has 3 heterocycles. The largest absolute Gasteiger partial charge is 0.478 e. The predicted octanol–water partition coefficient (Wildman–Crippen LogP) is 4.41. The number of ether oxygens (including phenoxy) is 1. The maximum Gasteiger partial charge on any atom is 0.338 e. The number of furan rings is 1. The number of benzene rings is 2. The summed E-state index contributed by atoms with van der Waals surface area (Å²) in [6, 6.07) is 16.5. The van der Waals surface area contributed by atoms with Crippen LogP contribution >= 0.6 is 22.9 Å². The number of thiazole rings is 1. The standard InChI is InChI=1S/C28H21ClN2O6S/c1-3-36-27(35)23-15(2)30-28-31(24(23)16-7-5-4-6-8-16)25(32)22(38-28)14-18-10-12-21(37-18)17-9-11-20(29)19(13-17)26(33)34/h4-14,24H,3H2,1-2H3,(H,33,34)/b22-14+. The molecule has 38 heavy (non-hydrogen) atoms. The number of hydrogen-bond donors (Lipinski definition) is 1. The molecule has 2 aromatic carbocycles. The predicted molar refractivity (Wildman–Crippen MR) is 143 cm³/mol. The molecule has 0 spiro atoms. The van der Waals surface area contributed by atoms with E-state index in [0.717, 1.165) is 5.56 Å². The number of carbonyl (C=O) groups is 2. The van der Waals surface area contributed by atoms with E-state index < -0.39 is 18.0 Å². The number of esters is 1. The van der Waals surface area contributed by atoms with E-state index in [0.29, 0.717) is 37.7 Å². The van der Waals surface area contributed by atoms with E-state index in [-0.39, 0.29) is 22.8 Å². The number of halogens is 1. The van der Waals surface area contributed by atoms with Gasteiger partial charge in [-0.15, -0.1) is 0 Å². The molecule has 1 N–H and O–H groups in total. The van der Waals surface area contributed by atoms with E-state index in [9.17, 15) is 19.5 Å². The van der Waals surface area contributed by atoms with Gasteiger partial charge in [0, 0.05) is 11.6 Å². The Morgan fingerprint density at radius 3 is 2.66 bits per heavy atom. The van der Waals surface area contributed by atoms with Crippen LogP contribution in [-0.2, 0) is 9.53 Å². The first-order valence-electron chi connectivity index (χ1n) is 11.7. The number of carbonyl (C=O) groups excluding carboxylic acids is 1. The summed E-state index contributed by atoms with van der Waals surface area (Å²) in [5.41, 5.74) is 1.73. The molecule has 0 saturated carbocycles. The zero-order valence-corrected chi connectivity index (χ0v) is 21.9. The molecule has 0 bridgehead atoms. The van der Waals surface area contributed by atoms with E-state index in [4.69, 9.17) is 20.8 Å². The summed E-state index contributed by atoms with van der Waals surface area (Å²) in [6.45, 7) is 3.66. The normalized spacial score (nSPS) is 15.2. The van der Waals surface area contributed by atoms with Crippen molar-refractivity contribution in [1.29, 1.82) is 0 Å². The zero-order valence-electron chi connectivity index (χ0n) is 20.3. The Balaban J connectivity index is 1.61. The summed E-state index contributed by atoms with van der Waals surface area (Å²) in [6.07, 6.45) is 1.60. The molecule has 1 aliphatic rings. The van der Waals surface area contributed by atoms with Gasteiger partial charge in [-0.2, -0.15) is 0 Å². The molecule has 5 rings (SSSR count). The lowest BCUT2D eigenvalue weighted by Crippen LogP contribution is -2.39. The monoisotopic (exact) mass is 548 g/mol. The van der Waals surface area contributed by atoms with Gasteiger partial charge in [0.05, 0.1) is 39.0 Å². The summed E-state index contributed by atoms with van der Waals surface area (Å²) < 4.78 is 13.1. The number of rotatable bonds is 6. The van der Waals surface area contributed by atoms with Crippen molar-refractivity contribution < 1.29 is 23.8 Å². The van der Waals surface area contributed by atoms with Crippen molar-refractivity contribution in [1.82, 2.24) is 4.57 Å². The van der Waals surface area contributed by atoms with Crippen molar-refractivity contribution in [2.24, 2.45) is 4.99 Å². The average Bonchev–Trinajstić information content (AvgIpc) is 3.48. The molecule has 2 aromatic heterocycles. The van der Waals surface area contributed by atoms with Gasteiger partial charge >= 0.3 is 11.9 Å². The second kappa shape index (κ2) is 10.3. The van der Waals surface area contributed by atoms with Crippen LogP contribution in [0.1, 0.15) is 41.6 Å². The lowest BCUT2D eigenvalue weighted by molar-refractivity contribution is -0.139. The third kappa shape index (κ3) is 4.62. The Bertz CT molecular complexity index is 1780. The Kier molecular flexibility index (Phi) is 6.88. The SMILES string of the molecule is CCOC(=O)C1=C(C)N=c2s/c(=C/c3ccc(-c4ccc(Cl)c(C(=O)O)c4)o3)c(=O)n2C1c1ccccc1. The van der Waals surface area contributed by atoms with Crippen LogP contribution in [0.15, 0.2) is 86.1 Å². The average molecular weight is 549 g/mol. The van der Waals surface area contributed by atoms with Gasteiger partial charge in [-0.05, 0) is 49.7 Å². The molecule has 0 amide bonds. The Morgan fingerprint density at radius 1 is 1.18 bits per heavy atom. The third-order valence-electron chi connectivity index (χ3n) is 6.01. The Labute approximate surface area is 225 Å². The number of carboxylic acids is 1. The first-order valence-corrected chi connectivity index (χ1v) is 12.9. The molecule has 0 aliphatic carbocycles. The molecule has 192 valence electrons. The number of hydrogen-bond acceptors (Lipinski definition) is 7. The van der Waals surface area contributed by atoms with Crippen molar-refractivity contribution in [2.75, 3.05) is 6.61 Å². The molecular weight excluding hydrogens is 528 g/mol. The van der Waals surface area contributed by atoms with Gasteiger partial charge in [0.1, 0.15) is 11.5 Å². The summed E-state index contributed by atoms with van der Waals surface area (Å²) >= 11 is 7.16. The van der Waals surface area contributed by atoms with E-state index in [2.05, 4.69) is 4.99 Å². The highest BCUT2D eigenvalue weighted by Gasteiger charge is 2.33. The number of aromatic nitrogens is 1. The van der Waals surface area contributed by atoms with Crippen molar-refractivity contribution in [3.05, 3.63) is 114 Å². The summed E-state index contributed by atoms with van der Waals surface area (Å²) in [5.74, 6) is -0.841. The van der Waals surface area contributed by atoms with Gasteiger partial charge in [-0.25, -0.2) is 14.6 Å². The number of aromatic carboxylic acids is 1. The fourth-order valence-corrected chi connectivity index (χ4v) is 5.52. The van der Waals surface area contributed by atoms with Gasteiger partial charge in [-0.1, -0.05) is 53.3 Å². The number of carboxylic acid groups (broad SMARTS) is 1. The maximum atomic E-state index is 13.7. The van der Waals surface area contributed by atoms with Crippen molar-refractivity contribution >= 4 is 41.0 Å². The first kappa shape index (κ1) is 25.4. The van der Waals surface area contributed by atoms with Gasteiger partial charge < -0.3 is 14.3 Å². The maximum absolute atomic E-state index is 13.7. The molecule has 1 unspecified atom stereocenters. The van der Waals surface area contributed by atoms with Crippen LogP contribution in [0.4, 0.5) is 0 Å². The molecule has 4 aromatic rings. The highest BCUT2D eigenvalue weighted by Crippen LogP contribution is 2.31. The lowest BCUT2D eigenvalue weighted by Gasteiger charge is -2.24. The molecular formula is C28H21ClN2O6S. The van der Waals surface area contributed by atoms with Crippen molar-refractivity contribution in [3.63, 3.8) is 0 Å². The van der Waals surface area contributed by atoms with Crippen LogP contribution in [0.2, 0.25) is 5.02 Å². The quantitative estimate of drug-likeness (QED) is 0.357. The molecule has 0 fully saturated rings. The number of nitrogens with zero attached hydrogens (tertiary/aromatic N) is 2. The van der Waals surface area contributed by atoms with E-state index in [1.54, 1.807) is 38.1 Å². The van der Waals surface area contributed by atoms with Crippen LogP contribution in [0.25, 0.3) is 17.4 Å². The molecule has 1 atom stereocenters. The van der Waals surface area contributed by atoms with Crippen molar-refractivity contribution in [3.8, 4) is 11.3 Å². The second-order valence-corrected chi connectivity index (χ2v) is 9.83. The molecule has 0 radical (unpaired) electrons. The van der Waals surface area contributed by atoms with E-state index in [1.165, 1.54) is 28.0 Å². The lowest BCUT2D eigenvalue weighted by atomic mass is 9.96. The fourth-order valence-electron chi connectivity index (χ4n) is 4.30. The van der Waals surface area contributed by atoms with Gasteiger partial charge in [-0.3, -0.25) is 9.36 Å². The van der Waals surface area contributed by atoms with Crippen LogP contribution < -0.4 is 14.9 Å². The fraction of sp³-hybridized carbons (Fsp3) is 0.143. The minimum Gasteiger partial charge on any atom is -0.478 e. The Hall–Kier alpha value is -4.21. The molecule has 0 saturated heterocycles. The van der Waals surface area contributed by atoms with Crippen LogP contribution in [-0.4, -0.2) is 28.2 Å².